The van der Waals surface area contributed by atoms with Gasteiger partial charge in [0.2, 0.25) is 0 Å². The normalized spacial score (nSPS) is 20.9. The summed E-state index contributed by atoms with van der Waals surface area (Å²) in [7, 11) is 1.65. The van der Waals surface area contributed by atoms with Crippen LogP contribution >= 0.6 is 11.6 Å². The lowest BCUT2D eigenvalue weighted by Crippen LogP contribution is -2.34. The maximum absolute atomic E-state index is 12.5. The number of H-pyrrole nitrogens is 1. The summed E-state index contributed by atoms with van der Waals surface area (Å²) < 4.78 is 16.9. The number of hydroxylamine groups is 1. The van der Waals surface area contributed by atoms with Gasteiger partial charge in [-0.1, -0.05) is 17.7 Å². The highest BCUT2D eigenvalue weighted by Crippen LogP contribution is 2.35. The lowest BCUT2D eigenvalue weighted by molar-refractivity contribution is -0.0116. The molecule has 10 heteroatoms. The first-order valence-corrected chi connectivity index (χ1v) is 13.3. The minimum Gasteiger partial charge on any atom is -0.497 e. The second-order valence-corrected chi connectivity index (χ2v) is 11.1. The Kier molecular flexibility index (Phi) is 7.38. The molecule has 1 aromatic heterocycles. The molecule has 0 saturated heterocycles. The number of carbonyl (C=O) groups excluding carboxylic acids is 1. The van der Waals surface area contributed by atoms with E-state index in [4.69, 9.17) is 30.6 Å². The number of methoxy groups -OCH3 is 1. The van der Waals surface area contributed by atoms with E-state index in [0.717, 1.165) is 64.8 Å². The molecule has 9 nitrogen and oxygen atoms in total. The van der Waals surface area contributed by atoms with E-state index >= 15 is 0 Å². The highest BCUT2D eigenvalue weighted by Gasteiger charge is 2.31. The van der Waals surface area contributed by atoms with Gasteiger partial charge in [-0.2, -0.15) is 15.3 Å². The fourth-order valence-corrected chi connectivity index (χ4v) is 5.23. The van der Waals surface area contributed by atoms with Crippen LogP contribution in [-0.4, -0.2) is 36.5 Å². The molecule has 2 aliphatic heterocycles. The van der Waals surface area contributed by atoms with Crippen molar-refractivity contribution in [3.05, 3.63) is 51.6 Å². The number of rotatable bonds is 5. The summed E-state index contributed by atoms with van der Waals surface area (Å²) in [6.07, 6.45) is 6.64. The molecule has 0 atom stereocenters. The molecule has 0 spiro atoms. The van der Waals surface area contributed by atoms with Gasteiger partial charge in [-0.05, 0) is 70.7 Å². The molecule has 0 unspecified atom stereocenters. The number of allylic oxidation sites excluding steroid dienone is 1. The number of anilines is 1. The number of benzene rings is 1. The Morgan fingerprint density at radius 2 is 1.92 bits per heavy atom. The fourth-order valence-electron chi connectivity index (χ4n) is 5.05. The maximum atomic E-state index is 12.5. The van der Waals surface area contributed by atoms with Gasteiger partial charge in [-0.25, -0.2) is 4.79 Å². The van der Waals surface area contributed by atoms with Crippen molar-refractivity contribution in [3.63, 3.8) is 0 Å². The molecule has 1 aliphatic carbocycles. The van der Waals surface area contributed by atoms with Crippen LogP contribution in [0.15, 0.2) is 45.6 Å². The average Bonchev–Trinajstić information content (AvgIpc) is 3.16. The molecule has 0 amide bonds. The SMILES string of the molecule is COc1cccc(OC2CCC(C3=c4[nH]c5c(c4CN=N3)N(OC(=O)OC(C)(C)C)CC=C(Cl)C=5)CC2)c1. The van der Waals surface area contributed by atoms with E-state index in [2.05, 4.69) is 15.2 Å². The van der Waals surface area contributed by atoms with Crippen LogP contribution < -0.4 is 25.2 Å². The van der Waals surface area contributed by atoms with E-state index in [1.165, 1.54) is 5.06 Å². The van der Waals surface area contributed by atoms with Crippen molar-refractivity contribution in [2.45, 2.75) is 64.7 Å². The second kappa shape index (κ2) is 10.7. The van der Waals surface area contributed by atoms with E-state index in [1.807, 2.05) is 30.3 Å². The first kappa shape index (κ1) is 26.2. The highest BCUT2D eigenvalue weighted by atomic mass is 35.5. The minimum atomic E-state index is -0.777. The van der Waals surface area contributed by atoms with Gasteiger partial charge >= 0.3 is 6.16 Å². The van der Waals surface area contributed by atoms with Crippen LogP contribution in [0.5, 0.6) is 11.5 Å². The molecule has 2 aromatic rings. The highest BCUT2D eigenvalue weighted by molar-refractivity contribution is 6.34. The molecule has 3 heterocycles. The van der Waals surface area contributed by atoms with Gasteiger partial charge in [0, 0.05) is 22.6 Å². The first-order valence-electron chi connectivity index (χ1n) is 12.9. The third-order valence-corrected chi connectivity index (χ3v) is 6.99. The van der Waals surface area contributed by atoms with Crippen molar-refractivity contribution in [1.82, 2.24) is 4.98 Å². The number of ether oxygens (including phenoxy) is 3. The number of aromatic amines is 1. The summed E-state index contributed by atoms with van der Waals surface area (Å²) in [5.41, 5.74) is 1.90. The molecule has 5 rings (SSSR count). The number of aromatic nitrogens is 1. The van der Waals surface area contributed by atoms with E-state index in [0.29, 0.717) is 11.6 Å². The summed E-state index contributed by atoms with van der Waals surface area (Å²) in [5.74, 6) is 1.83. The van der Waals surface area contributed by atoms with Gasteiger partial charge in [0.25, 0.3) is 0 Å². The number of hydrogen-bond acceptors (Lipinski definition) is 8. The van der Waals surface area contributed by atoms with Gasteiger partial charge in [0.15, 0.2) is 0 Å². The predicted octanol–water partition coefficient (Wildman–Crippen LogP) is 5.33. The largest absolute Gasteiger partial charge is 0.533 e. The number of nitrogens with zero attached hydrogens (tertiary/aromatic N) is 3. The quantitative estimate of drug-likeness (QED) is 0.515. The van der Waals surface area contributed by atoms with Gasteiger partial charge in [0.1, 0.15) is 22.8 Å². The Labute approximate surface area is 226 Å². The molecule has 0 bridgehead atoms. The zero-order valence-electron chi connectivity index (χ0n) is 22.1. The van der Waals surface area contributed by atoms with Gasteiger partial charge < -0.3 is 24.0 Å². The van der Waals surface area contributed by atoms with Crippen molar-refractivity contribution < 1.29 is 23.8 Å². The Hall–Kier alpha value is -3.46. The van der Waals surface area contributed by atoms with Gasteiger partial charge in [-0.3, -0.25) is 0 Å². The molecule has 0 radical (unpaired) electrons. The van der Waals surface area contributed by atoms with Crippen molar-refractivity contribution >= 4 is 35.2 Å². The van der Waals surface area contributed by atoms with Crippen molar-refractivity contribution in [2.75, 3.05) is 18.7 Å². The van der Waals surface area contributed by atoms with Gasteiger partial charge in [0.05, 0.1) is 42.7 Å². The number of azo groups is 1. The van der Waals surface area contributed by atoms with Crippen LogP contribution in [0.4, 0.5) is 10.5 Å². The standard InChI is InChI=1S/C28H33ClN4O5/c1-28(2,3)37-27(34)38-33-13-12-18(29)14-23-26(33)22-16-30-32-24(25(22)31-23)17-8-10-19(11-9-17)36-21-7-5-6-20(15-21)35-4/h5-7,12,14-15,17,19,31H,8-11,13,16H2,1-4H3. The summed E-state index contributed by atoms with van der Waals surface area (Å²) in [5, 5.41) is 12.8. The van der Waals surface area contributed by atoms with Crippen LogP contribution in [0.2, 0.25) is 0 Å². The predicted molar refractivity (Wildman–Crippen MR) is 144 cm³/mol. The summed E-state index contributed by atoms with van der Waals surface area (Å²) in [6, 6.07) is 7.71. The Morgan fingerprint density at radius 3 is 2.66 bits per heavy atom. The molecule has 1 aromatic carbocycles. The third kappa shape index (κ3) is 5.83. The summed E-state index contributed by atoms with van der Waals surface area (Å²) >= 11 is 6.42. The average molecular weight is 541 g/mol. The molecule has 38 heavy (non-hydrogen) atoms. The topological polar surface area (TPSA) is 97.7 Å². The molecule has 1 fully saturated rings. The lowest BCUT2D eigenvalue weighted by atomic mass is 9.84. The molecule has 1 saturated carbocycles. The Balaban J connectivity index is 1.38. The molecular weight excluding hydrogens is 508 g/mol. The van der Waals surface area contributed by atoms with E-state index in [-0.39, 0.29) is 18.6 Å². The number of nitrogens with one attached hydrogen (secondary N) is 1. The molecule has 202 valence electrons. The van der Waals surface area contributed by atoms with E-state index in [1.54, 1.807) is 34.0 Å². The lowest BCUT2D eigenvalue weighted by Gasteiger charge is -2.29. The fraction of sp³-hybridized carbons (Fsp3) is 0.464. The molecule has 3 aliphatic rings. The monoisotopic (exact) mass is 540 g/mol. The third-order valence-electron chi connectivity index (χ3n) is 6.73. The smallest absolute Gasteiger partial charge is 0.497 e. The summed E-state index contributed by atoms with van der Waals surface area (Å²) in [4.78, 5) is 21.6. The van der Waals surface area contributed by atoms with E-state index in [9.17, 15) is 4.79 Å². The Morgan fingerprint density at radius 1 is 1.16 bits per heavy atom. The maximum Gasteiger partial charge on any atom is 0.533 e. The zero-order chi connectivity index (χ0) is 26.9. The van der Waals surface area contributed by atoms with Crippen molar-refractivity contribution in [1.29, 1.82) is 0 Å². The first-order chi connectivity index (χ1) is 18.2. The number of fused-ring (bicyclic) bond motifs is 3. The van der Waals surface area contributed by atoms with Crippen LogP contribution in [0.25, 0.3) is 11.8 Å². The van der Waals surface area contributed by atoms with Crippen LogP contribution in [0, 0.1) is 5.92 Å². The zero-order valence-corrected chi connectivity index (χ0v) is 22.9. The Bertz CT molecular complexity index is 1380. The van der Waals surface area contributed by atoms with Gasteiger partial charge in [-0.15, -0.1) is 0 Å². The van der Waals surface area contributed by atoms with Crippen molar-refractivity contribution in [3.8, 4) is 11.5 Å². The number of halogens is 1. The van der Waals surface area contributed by atoms with Crippen LogP contribution in [0.3, 0.4) is 0 Å². The minimum absolute atomic E-state index is 0.134. The van der Waals surface area contributed by atoms with Crippen LogP contribution in [-0.2, 0) is 16.1 Å². The van der Waals surface area contributed by atoms with E-state index < -0.39 is 11.8 Å². The summed E-state index contributed by atoms with van der Waals surface area (Å²) in [6.45, 7) is 6.04. The second-order valence-electron chi connectivity index (χ2n) is 10.6. The molecule has 1 N–H and O–H groups in total. The number of carbonyl (C=O) groups is 1. The number of hydrogen-bond donors (Lipinski definition) is 1. The van der Waals surface area contributed by atoms with Crippen LogP contribution in [0.1, 0.15) is 52.0 Å². The molecular formula is C28H33ClN4O5. The van der Waals surface area contributed by atoms with Crippen molar-refractivity contribution in [2.24, 2.45) is 16.1 Å².